The van der Waals surface area contributed by atoms with Crippen LogP contribution in [-0.4, -0.2) is 36.9 Å². The molecule has 0 bridgehead atoms. The van der Waals surface area contributed by atoms with Crippen LogP contribution in [0.4, 0.5) is 5.69 Å². The van der Waals surface area contributed by atoms with Crippen LogP contribution in [0.5, 0.6) is 5.88 Å². The van der Waals surface area contributed by atoms with Gasteiger partial charge in [0.05, 0.1) is 10.9 Å². The second kappa shape index (κ2) is 8.08. The lowest BCUT2D eigenvalue weighted by molar-refractivity contribution is -0.120. The number of hydrogen-bond donors (Lipinski definition) is 1. The molecule has 32 heavy (non-hydrogen) atoms. The number of carbonyl (C=O) groups excluding carboxylic acids is 2. The maximum absolute atomic E-state index is 12.6. The number of aromatic nitrogens is 5. The van der Waals surface area contributed by atoms with Crippen molar-refractivity contribution in [2.24, 2.45) is 7.05 Å². The average molecular weight is 444 g/mol. The molecule has 0 aliphatic carbocycles. The molecule has 1 N–H and O–H groups in total. The maximum Gasteiger partial charge on any atom is 0.299 e. The highest BCUT2D eigenvalue weighted by Crippen LogP contribution is 2.33. The molecule has 5 aromatic rings. The first-order valence-electron chi connectivity index (χ1n) is 9.58. The van der Waals surface area contributed by atoms with E-state index in [1.165, 1.54) is 11.3 Å². The molecule has 0 spiro atoms. The summed E-state index contributed by atoms with van der Waals surface area (Å²) >= 11 is 1.29. The Morgan fingerprint density at radius 2 is 1.97 bits per heavy atom. The van der Waals surface area contributed by atoms with Crippen molar-refractivity contribution in [3.63, 3.8) is 0 Å². The Morgan fingerprint density at radius 1 is 1.12 bits per heavy atom. The van der Waals surface area contributed by atoms with Gasteiger partial charge in [0.1, 0.15) is 5.69 Å². The standard InChI is InChI=1S/C22H16N6O3S/c1-27-10-9-17(25-27)21(30)23-15-7-8-16-18(11-15)28(22-24-19(12-32-22)31-13-29)26-20(16)14-5-3-2-4-6-14/h2-13H,1H3,(H,23,30). The highest BCUT2D eigenvalue weighted by molar-refractivity contribution is 7.12. The topological polar surface area (TPSA) is 104 Å². The number of hydrogen-bond acceptors (Lipinski definition) is 7. The smallest absolute Gasteiger partial charge is 0.299 e. The van der Waals surface area contributed by atoms with Crippen LogP contribution in [0.15, 0.2) is 66.2 Å². The lowest BCUT2D eigenvalue weighted by Gasteiger charge is -2.05. The lowest BCUT2D eigenvalue weighted by atomic mass is 10.1. The van der Waals surface area contributed by atoms with Crippen molar-refractivity contribution in [2.45, 2.75) is 0 Å². The van der Waals surface area contributed by atoms with E-state index in [1.54, 1.807) is 34.1 Å². The van der Waals surface area contributed by atoms with Crippen molar-refractivity contribution in [2.75, 3.05) is 5.32 Å². The fourth-order valence-corrected chi connectivity index (χ4v) is 4.03. The average Bonchev–Trinajstić information content (AvgIpc) is 3.53. The Labute approximate surface area is 185 Å². The first-order valence-corrected chi connectivity index (χ1v) is 10.5. The molecule has 0 radical (unpaired) electrons. The molecule has 0 saturated heterocycles. The van der Waals surface area contributed by atoms with Gasteiger partial charge in [-0.05, 0) is 24.3 Å². The first-order chi connectivity index (χ1) is 15.6. The van der Waals surface area contributed by atoms with Gasteiger partial charge in [0.25, 0.3) is 12.4 Å². The number of carbonyl (C=O) groups is 2. The van der Waals surface area contributed by atoms with Crippen LogP contribution in [0, 0.1) is 0 Å². The maximum atomic E-state index is 12.6. The zero-order valence-corrected chi connectivity index (χ0v) is 17.6. The van der Waals surface area contributed by atoms with E-state index in [1.807, 2.05) is 48.5 Å². The monoisotopic (exact) mass is 444 g/mol. The molecule has 5 rings (SSSR count). The Kier molecular flexibility index (Phi) is 4.96. The molecule has 0 saturated carbocycles. The number of ether oxygens (including phenoxy) is 1. The largest absolute Gasteiger partial charge is 0.409 e. The third-order valence-corrected chi connectivity index (χ3v) is 5.55. The van der Waals surface area contributed by atoms with Gasteiger partial charge in [-0.15, -0.1) is 0 Å². The molecular weight excluding hydrogens is 428 g/mol. The van der Waals surface area contributed by atoms with Crippen LogP contribution in [0.2, 0.25) is 0 Å². The normalized spacial score (nSPS) is 10.9. The van der Waals surface area contributed by atoms with E-state index in [0.29, 0.717) is 23.0 Å². The highest BCUT2D eigenvalue weighted by Gasteiger charge is 2.18. The summed E-state index contributed by atoms with van der Waals surface area (Å²) in [6.45, 7) is 0.334. The number of rotatable bonds is 6. The van der Waals surface area contributed by atoms with Crippen LogP contribution in [0.1, 0.15) is 10.5 Å². The molecule has 9 nitrogen and oxygen atoms in total. The molecule has 158 valence electrons. The Balaban J connectivity index is 1.60. The van der Waals surface area contributed by atoms with Gasteiger partial charge in [0, 0.05) is 29.9 Å². The van der Waals surface area contributed by atoms with Gasteiger partial charge in [-0.25, -0.2) is 4.68 Å². The Bertz CT molecular complexity index is 1440. The van der Waals surface area contributed by atoms with E-state index >= 15 is 0 Å². The van der Waals surface area contributed by atoms with Gasteiger partial charge in [-0.1, -0.05) is 41.7 Å². The fraction of sp³-hybridized carbons (Fsp3) is 0.0455. The molecule has 10 heteroatoms. The van der Waals surface area contributed by atoms with E-state index in [9.17, 15) is 9.59 Å². The molecular formula is C22H16N6O3S. The predicted octanol–water partition coefficient (Wildman–Crippen LogP) is 3.67. The lowest BCUT2D eigenvalue weighted by Crippen LogP contribution is -2.13. The van der Waals surface area contributed by atoms with Crippen molar-refractivity contribution >= 4 is 40.3 Å². The Hall–Kier alpha value is -4.31. The summed E-state index contributed by atoms with van der Waals surface area (Å²) in [6.07, 6.45) is 1.71. The van der Waals surface area contributed by atoms with Gasteiger partial charge in [-0.2, -0.15) is 15.2 Å². The zero-order valence-electron chi connectivity index (χ0n) is 16.8. The van der Waals surface area contributed by atoms with Crippen LogP contribution < -0.4 is 10.1 Å². The van der Waals surface area contributed by atoms with Crippen LogP contribution in [0.3, 0.4) is 0 Å². The van der Waals surface area contributed by atoms with E-state index in [0.717, 1.165) is 22.2 Å². The minimum atomic E-state index is -0.310. The number of nitrogens with zero attached hydrogens (tertiary/aromatic N) is 5. The molecule has 0 aliphatic heterocycles. The summed E-state index contributed by atoms with van der Waals surface area (Å²) in [7, 11) is 1.75. The summed E-state index contributed by atoms with van der Waals surface area (Å²) in [5.74, 6) is -0.111. The molecule has 0 unspecified atom stereocenters. The number of anilines is 1. The highest BCUT2D eigenvalue weighted by atomic mass is 32.1. The van der Waals surface area contributed by atoms with Crippen LogP contribution >= 0.6 is 11.3 Å². The predicted molar refractivity (Wildman–Crippen MR) is 120 cm³/mol. The van der Waals surface area contributed by atoms with Gasteiger partial charge in [0.2, 0.25) is 11.0 Å². The van der Waals surface area contributed by atoms with Crippen molar-refractivity contribution in [3.8, 4) is 22.3 Å². The minimum absolute atomic E-state index is 0.199. The molecule has 0 aliphatic rings. The van der Waals surface area contributed by atoms with Gasteiger partial charge in [-0.3, -0.25) is 14.3 Å². The summed E-state index contributed by atoms with van der Waals surface area (Å²) in [4.78, 5) is 27.5. The van der Waals surface area contributed by atoms with Crippen LogP contribution in [-0.2, 0) is 11.8 Å². The third-order valence-electron chi connectivity index (χ3n) is 4.75. The number of amides is 1. The van der Waals surface area contributed by atoms with Crippen molar-refractivity contribution in [3.05, 3.63) is 71.9 Å². The van der Waals surface area contributed by atoms with Crippen molar-refractivity contribution < 1.29 is 14.3 Å². The quantitative estimate of drug-likeness (QED) is 0.401. The molecule has 1 amide bonds. The zero-order chi connectivity index (χ0) is 22.1. The molecule has 0 fully saturated rings. The van der Waals surface area contributed by atoms with E-state index in [4.69, 9.17) is 9.84 Å². The Morgan fingerprint density at radius 3 is 2.72 bits per heavy atom. The second-order valence-electron chi connectivity index (χ2n) is 6.87. The number of aryl methyl sites for hydroxylation is 1. The molecule has 3 aromatic heterocycles. The van der Waals surface area contributed by atoms with Gasteiger partial charge < -0.3 is 10.1 Å². The number of fused-ring (bicyclic) bond motifs is 1. The molecule has 0 atom stereocenters. The molecule has 3 heterocycles. The summed E-state index contributed by atoms with van der Waals surface area (Å²) in [6, 6.07) is 17.0. The number of thiazole rings is 1. The summed E-state index contributed by atoms with van der Waals surface area (Å²) in [5.41, 5.74) is 3.38. The SMILES string of the molecule is Cn1ccc(C(=O)Nc2ccc3c(-c4ccccc4)nn(-c4nc(OC=O)cs4)c3c2)n1. The third kappa shape index (κ3) is 3.63. The first kappa shape index (κ1) is 19.6. The second-order valence-corrected chi connectivity index (χ2v) is 7.71. The number of benzene rings is 2. The molecule has 2 aromatic carbocycles. The van der Waals surface area contributed by atoms with Gasteiger partial charge in [0.15, 0.2) is 5.69 Å². The number of nitrogens with one attached hydrogen (secondary N) is 1. The van der Waals surface area contributed by atoms with Gasteiger partial charge >= 0.3 is 0 Å². The fourth-order valence-electron chi connectivity index (χ4n) is 3.33. The van der Waals surface area contributed by atoms with E-state index < -0.39 is 0 Å². The van der Waals surface area contributed by atoms with E-state index in [-0.39, 0.29) is 11.8 Å². The van der Waals surface area contributed by atoms with Crippen LogP contribution in [0.25, 0.3) is 27.3 Å². The summed E-state index contributed by atoms with van der Waals surface area (Å²) < 4.78 is 8.10. The van der Waals surface area contributed by atoms with Crippen molar-refractivity contribution in [1.29, 1.82) is 0 Å². The van der Waals surface area contributed by atoms with Crippen molar-refractivity contribution in [1.82, 2.24) is 24.5 Å². The summed E-state index contributed by atoms with van der Waals surface area (Å²) in [5, 5.41) is 14.8. The minimum Gasteiger partial charge on any atom is -0.409 e. The van der Waals surface area contributed by atoms with E-state index in [2.05, 4.69) is 15.4 Å².